The van der Waals surface area contributed by atoms with Crippen LogP contribution in [-0.4, -0.2) is 12.5 Å². The van der Waals surface area contributed by atoms with E-state index < -0.39 is 0 Å². The fraction of sp³-hybridized carbons (Fsp3) is 0.261. The fourth-order valence-corrected chi connectivity index (χ4v) is 3.92. The number of nitrogens with two attached hydrogens (primary N) is 1. The van der Waals surface area contributed by atoms with E-state index in [1.165, 1.54) is 40.3 Å². The lowest BCUT2D eigenvalue weighted by atomic mass is 10.00. The Bertz CT molecular complexity index is 943. The van der Waals surface area contributed by atoms with E-state index in [4.69, 9.17) is 0 Å². The minimum Gasteiger partial charge on any atom is -0.332 e. The van der Waals surface area contributed by atoms with Gasteiger partial charge in [0.25, 0.3) is 5.91 Å². The van der Waals surface area contributed by atoms with Crippen LogP contribution in [0.25, 0.3) is 10.8 Å². The van der Waals surface area contributed by atoms with Gasteiger partial charge in [-0.25, -0.2) is 0 Å². The highest BCUT2D eigenvalue weighted by atomic mass is 16.1. The fourth-order valence-electron chi connectivity index (χ4n) is 3.92. The van der Waals surface area contributed by atoms with Gasteiger partial charge in [-0.1, -0.05) is 48.5 Å². The van der Waals surface area contributed by atoms with Crippen LogP contribution in [0.5, 0.6) is 0 Å². The Morgan fingerprint density at radius 1 is 1.04 bits per heavy atom. The third kappa shape index (κ3) is 3.49. The molecule has 0 aliphatic heterocycles. The number of aryl methyl sites for hydroxylation is 2. The summed E-state index contributed by atoms with van der Waals surface area (Å²) in [5.74, 6) is 0.0510. The zero-order valence-corrected chi connectivity index (χ0v) is 15.2. The average molecular weight is 345 g/mol. The molecule has 3 heteroatoms. The number of carbonyl (C=O) groups excluding carboxylic acids is 1. The molecule has 0 unspecified atom stereocenters. The highest BCUT2D eigenvalue weighted by Gasteiger charge is 2.15. The van der Waals surface area contributed by atoms with Crippen molar-refractivity contribution < 1.29 is 10.1 Å². The Hall–Kier alpha value is -2.65. The molecule has 3 aromatic carbocycles. The molecule has 1 aliphatic rings. The van der Waals surface area contributed by atoms with Gasteiger partial charge in [-0.2, -0.15) is 0 Å². The lowest BCUT2D eigenvalue weighted by molar-refractivity contribution is -0.682. The average Bonchev–Trinajstić information content (AvgIpc) is 3.13. The maximum absolute atomic E-state index is 12.4. The molecule has 0 aromatic heterocycles. The van der Waals surface area contributed by atoms with Crippen molar-refractivity contribution in [3.8, 4) is 0 Å². The molecule has 0 saturated carbocycles. The number of quaternary nitrogens is 1. The van der Waals surface area contributed by atoms with Crippen LogP contribution in [-0.2, 0) is 17.6 Å². The lowest BCUT2D eigenvalue weighted by Gasteiger charge is -2.14. The first-order valence-electron chi connectivity index (χ1n) is 9.43. The number of rotatable bonds is 5. The Morgan fingerprint density at radius 3 is 2.77 bits per heavy atom. The van der Waals surface area contributed by atoms with E-state index in [0.29, 0.717) is 6.54 Å². The summed E-state index contributed by atoms with van der Waals surface area (Å²) < 4.78 is 0. The molecule has 4 rings (SSSR count). The molecule has 0 heterocycles. The van der Waals surface area contributed by atoms with Gasteiger partial charge in [0.1, 0.15) is 6.04 Å². The first kappa shape index (κ1) is 16.8. The molecule has 0 spiro atoms. The van der Waals surface area contributed by atoms with E-state index in [2.05, 4.69) is 72.2 Å². The number of carbonyl (C=O) groups is 1. The van der Waals surface area contributed by atoms with E-state index >= 15 is 0 Å². The maximum Gasteiger partial charge on any atom is 0.279 e. The van der Waals surface area contributed by atoms with Gasteiger partial charge < -0.3 is 10.6 Å². The molecular formula is C23H25N2O+. The predicted octanol–water partition coefficient (Wildman–Crippen LogP) is 3.59. The number of nitrogens with one attached hydrogen (secondary N) is 1. The smallest absolute Gasteiger partial charge is 0.279 e. The van der Waals surface area contributed by atoms with Gasteiger partial charge in [0.05, 0.1) is 0 Å². The molecule has 3 N–H and O–H groups in total. The van der Waals surface area contributed by atoms with Crippen molar-refractivity contribution in [2.45, 2.75) is 32.2 Å². The van der Waals surface area contributed by atoms with E-state index in [-0.39, 0.29) is 11.9 Å². The number of fused-ring (bicyclic) bond motifs is 2. The Morgan fingerprint density at radius 2 is 1.85 bits per heavy atom. The van der Waals surface area contributed by atoms with Gasteiger partial charge in [-0.15, -0.1) is 0 Å². The Kier molecular flexibility index (Phi) is 4.72. The molecule has 1 amide bonds. The molecule has 1 aliphatic carbocycles. The van der Waals surface area contributed by atoms with E-state index in [1.54, 1.807) is 0 Å². The lowest BCUT2D eigenvalue weighted by Crippen LogP contribution is -2.86. The highest BCUT2D eigenvalue weighted by molar-refractivity contribution is 5.91. The number of benzene rings is 3. The minimum absolute atomic E-state index is 0.0510. The molecule has 0 saturated heterocycles. The van der Waals surface area contributed by atoms with Crippen LogP contribution < -0.4 is 10.6 Å². The van der Waals surface area contributed by atoms with Crippen molar-refractivity contribution in [3.63, 3.8) is 0 Å². The highest BCUT2D eigenvalue weighted by Crippen LogP contribution is 2.25. The second-order valence-corrected chi connectivity index (χ2v) is 7.18. The van der Waals surface area contributed by atoms with Crippen LogP contribution in [0.1, 0.15) is 36.1 Å². The van der Waals surface area contributed by atoms with E-state index in [0.717, 1.165) is 12.1 Å². The molecule has 3 aromatic rings. The molecule has 0 bridgehead atoms. The SMILES string of the molecule is C[C@H]([NH2+]CC(=O)Nc1ccc2c(c1)CCC2)c1cccc2ccccc12. The van der Waals surface area contributed by atoms with Crippen molar-refractivity contribution in [2.75, 3.05) is 11.9 Å². The van der Waals surface area contributed by atoms with Crippen molar-refractivity contribution in [1.82, 2.24) is 0 Å². The molecular weight excluding hydrogens is 320 g/mol. The summed E-state index contributed by atoms with van der Waals surface area (Å²) in [4.78, 5) is 12.4. The number of amides is 1. The quantitative estimate of drug-likeness (QED) is 0.729. The van der Waals surface area contributed by atoms with Crippen LogP contribution in [0.15, 0.2) is 60.7 Å². The van der Waals surface area contributed by atoms with Crippen LogP contribution in [0.2, 0.25) is 0 Å². The third-order valence-electron chi connectivity index (χ3n) is 5.35. The summed E-state index contributed by atoms with van der Waals surface area (Å²) in [6.07, 6.45) is 3.52. The van der Waals surface area contributed by atoms with Crippen LogP contribution >= 0.6 is 0 Å². The van der Waals surface area contributed by atoms with Crippen LogP contribution in [0, 0.1) is 0 Å². The molecule has 0 fully saturated rings. The van der Waals surface area contributed by atoms with E-state index in [9.17, 15) is 4.79 Å². The molecule has 132 valence electrons. The summed E-state index contributed by atoms with van der Waals surface area (Å²) in [5, 5.41) is 7.65. The predicted molar refractivity (Wildman–Crippen MR) is 106 cm³/mol. The topological polar surface area (TPSA) is 45.7 Å². The molecule has 3 nitrogen and oxygen atoms in total. The maximum atomic E-state index is 12.4. The Labute approximate surface area is 154 Å². The van der Waals surface area contributed by atoms with Crippen molar-refractivity contribution in [2.24, 2.45) is 0 Å². The number of hydrogen-bond acceptors (Lipinski definition) is 1. The molecule has 26 heavy (non-hydrogen) atoms. The summed E-state index contributed by atoms with van der Waals surface area (Å²) in [6, 6.07) is 21.3. The second-order valence-electron chi connectivity index (χ2n) is 7.18. The van der Waals surface area contributed by atoms with Gasteiger partial charge >= 0.3 is 0 Å². The van der Waals surface area contributed by atoms with E-state index in [1.807, 2.05) is 6.07 Å². The minimum atomic E-state index is 0.0510. The largest absolute Gasteiger partial charge is 0.332 e. The zero-order chi connectivity index (χ0) is 17.9. The third-order valence-corrected chi connectivity index (χ3v) is 5.35. The number of hydrogen-bond donors (Lipinski definition) is 2. The van der Waals surface area contributed by atoms with Gasteiger partial charge in [-0.05, 0) is 60.2 Å². The number of anilines is 1. The summed E-state index contributed by atoms with van der Waals surface area (Å²) in [5.41, 5.74) is 5.00. The van der Waals surface area contributed by atoms with Crippen molar-refractivity contribution >= 4 is 22.4 Å². The van der Waals surface area contributed by atoms with Gasteiger partial charge in [0, 0.05) is 11.3 Å². The monoisotopic (exact) mass is 345 g/mol. The van der Waals surface area contributed by atoms with Crippen LogP contribution in [0.3, 0.4) is 0 Å². The van der Waals surface area contributed by atoms with Crippen molar-refractivity contribution in [3.05, 3.63) is 77.4 Å². The summed E-state index contributed by atoms with van der Waals surface area (Å²) in [7, 11) is 0. The molecule has 0 radical (unpaired) electrons. The van der Waals surface area contributed by atoms with Gasteiger partial charge in [-0.3, -0.25) is 4.79 Å². The first-order valence-corrected chi connectivity index (χ1v) is 9.43. The molecule has 1 atom stereocenters. The van der Waals surface area contributed by atoms with Gasteiger partial charge in [0.15, 0.2) is 6.54 Å². The zero-order valence-electron chi connectivity index (χ0n) is 15.2. The van der Waals surface area contributed by atoms with Crippen molar-refractivity contribution in [1.29, 1.82) is 0 Å². The summed E-state index contributed by atoms with van der Waals surface area (Å²) >= 11 is 0. The standard InChI is InChI=1S/C23H24N2O/c1-16(21-11-5-8-18-6-2-3-10-22(18)21)24-15-23(26)25-20-13-12-17-7-4-9-19(17)14-20/h2-3,5-6,8,10-14,16,24H,4,7,9,15H2,1H3,(H,25,26)/p+1/t16-/m0/s1. The summed E-state index contributed by atoms with van der Waals surface area (Å²) in [6.45, 7) is 2.58. The second kappa shape index (κ2) is 7.30. The van der Waals surface area contributed by atoms with Gasteiger partial charge in [0.2, 0.25) is 0 Å². The normalized spacial score (nSPS) is 14.2. The Balaban J connectivity index is 1.39. The first-order chi connectivity index (χ1) is 12.7. The van der Waals surface area contributed by atoms with Crippen LogP contribution in [0.4, 0.5) is 5.69 Å².